The van der Waals surface area contributed by atoms with Crippen molar-refractivity contribution in [3.8, 4) is 0 Å². The Hall–Kier alpha value is -2.36. The van der Waals surface area contributed by atoms with Crippen LogP contribution in [0.3, 0.4) is 0 Å². The Labute approximate surface area is 158 Å². The summed E-state index contributed by atoms with van der Waals surface area (Å²) < 4.78 is 25.6. The lowest BCUT2D eigenvalue weighted by atomic mass is 10.2. The van der Waals surface area contributed by atoms with E-state index in [1.165, 1.54) is 12.1 Å². The Bertz CT molecular complexity index is 1270. The zero-order valence-electron chi connectivity index (χ0n) is 13.7. The number of fused-ring (bicyclic) bond motifs is 3. The van der Waals surface area contributed by atoms with Crippen molar-refractivity contribution >= 4 is 48.0 Å². The van der Waals surface area contributed by atoms with Gasteiger partial charge in [-0.15, -0.1) is 0 Å². The van der Waals surface area contributed by atoms with Crippen molar-refractivity contribution in [1.29, 1.82) is 0 Å². The van der Waals surface area contributed by atoms with Crippen LogP contribution < -0.4 is 5.14 Å². The van der Waals surface area contributed by atoms with E-state index >= 15 is 0 Å². The first-order valence-corrected chi connectivity index (χ1v) is 10.1. The van der Waals surface area contributed by atoms with Gasteiger partial charge in [-0.25, -0.2) is 28.5 Å². The Balaban J connectivity index is 1.83. The maximum atomic E-state index is 11.5. The molecule has 0 unspecified atom stereocenters. The van der Waals surface area contributed by atoms with Crippen LogP contribution in [-0.4, -0.2) is 27.9 Å². The van der Waals surface area contributed by atoms with E-state index in [2.05, 4.69) is 30.9 Å². The predicted molar refractivity (Wildman–Crippen MR) is 102 cm³/mol. The Morgan fingerprint density at radius 1 is 1.19 bits per heavy atom. The fourth-order valence-corrected chi connectivity index (χ4v) is 4.07. The second-order valence-corrected chi connectivity index (χ2v) is 8.40. The second kappa shape index (κ2) is 6.11. The van der Waals surface area contributed by atoms with Gasteiger partial charge in [0.2, 0.25) is 10.0 Å². The first-order chi connectivity index (χ1) is 12.3. The molecule has 0 bridgehead atoms. The summed E-state index contributed by atoms with van der Waals surface area (Å²) in [7, 11) is -3.74. The smallest absolute Gasteiger partial charge is 0.238 e. The number of nitrogens with two attached hydrogens (primary N) is 1. The molecule has 1 aromatic carbocycles. The van der Waals surface area contributed by atoms with Crippen molar-refractivity contribution in [3.63, 3.8) is 0 Å². The summed E-state index contributed by atoms with van der Waals surface area (Å²) in [5.41, 5.74) is 4.19. The van der Waals surface area contributed by atoms with Crippen molar-refractivity contribution in [3.05, 3.63) is 58.6 Å². The Morgan fingerprint density at radius 3 is 2.73 bits per heavy atom. The predicted octanol–water partition coefficient (Wildman–Crippen LogP) is 2.75. The molecular formula is C17H14BrN5O2S. The minimum absolute atomic E-state index is 0.0675. The Kier molecular flexibility index (Phi) is 4.02. The summed E-state index contributed by atoms with van der Waals surface area (Å²) in [6.07, 6.45) is 3.45. The first-order valence-electron chi connectivity index (χ1n) is 7.71. The SMILES string of the molecule is Cc1ccc2c(ncc3ncn(Cc4ccc(S(N)(=O)=O)cc4Br)c32)n1. The molecule has 0 spiro atoms. The van der Waals surface area contributed by atoms with Gasteiger partial charge < -0.3 is 4.57 Å². The number of nitrogens with zero attached hydrogens (tertiary/aromatic N) is 4. The highest BCUT2D eigenvalue weighted by molar-refractivity contribution is 9.10. The lowest BCUT2D eigenvalue weighted by molar-refractivity contribution is 0.597. The topological polar surface area (TPSA) is 104 Å². The van der Waals surface area contributed by atoms with Crippen molar-refractivity contribution in [2.75, 3.05) is 0 Å². The molecule has 0 radical (unpaired) electrons. The minimum atomic E-state index is -3.74. The van der Waals surface area contributed by atoms with Gasteiger partial charge in [-0.2, -0.15) is 0 Å². The van der Waals surface area contributed by atoms with Gasteiger partial charge in [0.25, 0.3) is 0 Å². The lowest BCUT2D eigenvalue weighted by Gasteiger charge is -2.10. The van der Waals surface area contributed by atoms with Crippen LogP contribution in [0.2, 0.25) is 0 Å². The lowest BCUT2D eigenvalue weighted by Crippen LogP contribution is -2.12. The van der Waals surface area contributed by atoms with E-state index in [0.29, 0.717) is 16.7 Å². The number of halogens is 1. The van der Waals surface area contributed by atoms with Crippen LogP contribution in [0, 0.1) is 6.92 Å². The molecule has 26 heavy (non-hydrogen) atoms. The molecule has 3 aromatic heterocycles. The van der Waals surface area contributed by atoms with E-state index in [4.69, 9.17) is 5.14 Å². The largest absolute Gasteiger partial charge is 0.325 e. The van der Waals surface area contributed by atoms with Crippen LogP contribution in [0.5, 0.6) is 0 Å². The average molecular weight is 432 g/mol. The summed E-state index contributed by atoms with van der Waals surface area (Å²) in [4.78, 5) is 13.3. The van der Waals surface area contributed by atoms with E-state index < -0.39 is 10.0 Å². The van der Waals surface area contributed by atoms with Gasteiger partial charge in [0.1, 0.15) is 5.52 Å². The summed E-state index contributed by atoms with van der Waals surface area (Å²) in [5.74, 6) is 0. The first kappa shape index (κ1) is 17.1. The van der Waals surface area contributed by atoms with E-state index in [-0.39, 0.29) is 4.90 Å². The van der Waals surface area contributed by atoms with E-state index in [9.17, 15) is 8.42 Å². The normalized spacial score (nSPS) is 12.1. The van der Waals surface area contributed by atoms with Crippen LogP contribution in [-0.2, 0) is 16.6 Å². The number of imidazole rings is 1. The minimum Gasteiger partial charge on any atom is -0.325 e. The van der Waals surface area contributed by atoms with Gasteiger partial charge in [0, 0.05) is 15.6 Å². The molecule has 0 aliphatic rings. The van der Waals surface area contributed by atoms with Crippen LogP contribution in [0.4, 0.5) is 0 Å². The molecule has 0 saturated carbocycles. The van der Waals surface area contributed by atoms with Gasteiger partial charge in [-0.05, 0) is 36.8 Å². The zero-order chi connectivity index (χ0) is 18.5. The number of primary sulfonamides is 1. The number of pyridine rings is 2. The molecule has 0 atom stereocenters. The third-order valence-electron chi connectivity index (χ3n) is 4.14. The number of aromatic nitrogens is 4. The maximum Gasteiger partial charge on any atom is 0.238 e. The second-order valence-electron chi connectivity index (χ2n) is 5.99. The molecule has 4 rings (SSSR count). The number of aryl methyl sites for hydroxylation is 1. The fraction of sp³-hybridized carbons (Fsp3) is 0.118. The van der Waals surface area contributed by atoms with Gasteiger partial charge >= 0.3 is 0 Å². The summed E-state index contributed by atoms with van der Waals surface area (Å²) in [6.45, 7) is 2.43. The third kappa shape index (κ3) is 2.98. The molecule has 0 aliphatic heterocycles. The molecule has 3 heterocycles. The van der Waals surface area contributed by atoms with Crippen molar-refractivity contribution < 1.29 is 8.42 Å². The van der Waals surface area contributed by atoms with E-state index in [1.54, 1.807) is 18.6 Å². The number of rotatable bonds is 3. The van der Waals surface area contributed by atoms with Gasteiger partial charge in [-0.1, -0.05) is 22.0 Å². The molecule has 0 amide bonds. The summed E-state index contributed by atoms with van der Waals surface area (Å²) in [6, 6.07) is 8.68. The highest BCUT2D eigenvalue weighted by Gasteiger charge is 2.13. The summed E-state index contributed by atoms with van der Waals surface area (Å²) >= 11 is 3.43. The van der Waals surface area contributed by atoms with Crippen LogP contribution in [0.1, 0.15) is 11.3 Å². The average Bonchev–Trinajstić information content (AvgIpc) is 2.98. The summed E-state index contributed by atoms with van der Waals surface area (Å²) in [5, 5.41) is 6.10. The molecule has 0 saturated heterocycles. The van der Waals surface area contributed by atoms with Gasteiger partial charge in [0.05, 0.1) is 29.5 Å². The number of benzene rings is 1. The number of sulfonamides is 1. The van der Waals surface area contributed by atoms with Gasteiger partial charge in [0.15, 0.2) is 5.65 Å². The molecule has 0 aliphatic carbocycles. The number of hydrogen-bond acceptors (Lipinski definition) is 5. The number of hydrogen-bond donors (Lipinski definition) is 1. The molecule has 132 valence electrons. The quantitative estimate of drug-likeness (QED) is 0.536. The van der Waals surface area contributed by atoms with Gasteiger partial charge in [-0.3, -0.25) is 0 Å². The van der Waals surface area contributed by atoms with Crippen LogP contribution in [0.25, 0.3) is 22.1 Å². The third-order valence-corrected chi connectivity index (χ3v) is 5.79. The standard InChI is InChI=1S/C17H14BrN5O2S/c1-10-2-5-13-16-15(7-20-17(13)22-10)21-9-23(16)8-11-3-4-12(6-14(11)18)26(19,24)25/h2-7,9H,8H2,1H3,(H2,19,24,25). The van der Waals surface area contributed by atoms with Crippen molar-refractivity contribution in [1.82, 2.24) is 19.5 Å². The van der Waals surface area contributed by atoms with E-state index in [1.807, 2.05) is 23.6 Å². The Morgan fingerprint density at radius 2 is 2.00 bits per heavy atom. The van der Waals surface area contributed by atoms with Crippen LogP contribution >= 0.6 is 15.9 Å². The monoisotopic (exact) mass is 431 g/mol. The zero-order valence-corrected chi connectivity index (χ0v) is 16.1. The molecule has 4 aromatic rings. The molecular weight excluding hydrogens is 418 g/mol. The van der Waals surface area contributed by atoms with Crippen molar-refractivity contribution in [2.45, 2.75) is 18.4 Å². The fourth-order valence-electron chi connectivity index (χ4n) is 2.87. The molecule has 0 fully saturated rings. The molecule has 2 N–H and O–H groups in total. The molecule has 7 nitrogen and oxygen atoms in total. The van der Waals surface area contributed by atoms with E-state index in [0.717, 1.165) is 27.7 Å². The maximum absolute atomic E-state index is 11.5. The highest BCUT2D eigenvalue weighted by Crippen LogP contribution is 2.26. The van der Waals surface area contributed by atoms with Crippen molar-refractivity contribution in [2.24, 2.45) is 5.14 Å². The molecule has 9 heteroatoms. The highest BCUT2D eigenvalue weighted by atomic mass is 79.9. The van der Waals surface area contributed by atoms with Crippen LogP contribution in [0.15, 0.2) is 52.2 Å².